The van der Waals surface area contributed by atoms with Crippen LogP contribution in [0.15, 0.2) is 36.9 Å². The summed E-state index contributed by atoms with van der Waals surface area (Å²) in [6.45, 7) is 5.25. The molecule has 1 rings (SSSR count). The molecule has 0 aliphatic rings. The first-order valence-corrected chi connectivity index (χ1v) is 3.26. The van der Waals surface area contributed by atoms with Gasteiger partial charge < -0.3 is 10.2 Å². The lowest BCUT2D eigenvalue weighted by Crippen LogP contribution is -1.63. The third kappa shape index (κ3) is 4.03. The zero-order valence-corrected chi connectivity index (χ0v) is 6.49. The Labute approximate surface area is 66.4 Å². The van der Waals surface area contributed by atoms with Crippen LogP contribution in [-0.2, 0) is 0 Å². The minimum atomic E-state index is -0.0764. The van der Waals surface area contributed by atoms with Gasteiger partial charge in [-0.3, -0.25) is 0 Å². The number of hydrogen-bond acceptors (Lipinski definition) is 2. The van der Waals surface area contributed by atoms with Crippen molar-refractivity contribution in [1.82, 2.24) is 0 Å². The number of allylic oxidation sites excluding steroid dienone is 1. The topological polar surface area (TPSA) is 40.5 Å². The van der Waals surface area contributed by atoms with Crippen LogP contribution < -0.4 is 0 Å². The molecule has 1 aromatic rings. The summed E-state index contributed by atoms with van der Waals surface area (Å²) < 4.78 is 0. The second kappa shape index (κ2) is 5.35. The Morgan fingerprint density at radius 2 is 1.45 bits per heavy atom. The zero-order chi connectivity index (χ0) is 8.69. The van der Waals surface area contributed by atoms with Crippen LogP contribution in [0.2, 0.25) is 0 Å². The van der Waals surface area contributed by atoms with E-state index in [1.54, 1.807) is 18.2 Å². The summed E-state index contributed by atoms with van der Waals surface area (Å²) in [6, 6.07) is 6.15. The van der Waals surface area contributed by atoms with Gasteiger partial charge in [0.15, 0.2) is 11.5 Å². The summed E-state index contributed by atoms with van der Waals surface area (Å²) in [5, 5.41) is 17.3. The highest BCUT2D eigenvalue weighted by Gasteiger charge is 1.90. The molecule has 0 heterocycles. The molecule has 11 heavy (non-hydrogen) atoms. The third-order valence-corrected chi connectivity index (χ3v) is 0.882. The van der Waals surface area contributed by atoms with Gasteiger partial charge in [-0.2, -0.15) is 0 Å². The summed E-state index contributed by atoms with van der Waals surface area (Å²) in [6.07, 6.45) is 1.75. The fourth-order valence-electron chi connectivity index (χ4n) is 0.464. The molecule has 0 saturated heterocycles. The summed E-state index contributed by atoms with van der Waals surface area (Å²) in [5.74, 6) is -0.153. The lowest BCUT2D eigenvalue weighted by molar-refractivity contribution is 0.404. The van der Waals surface area contributed by atoms with E-state index in [4.69, 9.17) is 10.2 Å². The molecule has 0 fully saturated rings. The van der Waals surface area contributed by atoms with Crippen molar-refractivity contribution in [2.75, 3.05) is 0 Å². The molecule has 0 aliphatic heterocycles. The molecule has 0 spiro atoms. The number of hydrogen-bond donors (Lipinski definition) is 2. The van der Waals surface area contributed by atoms with E-state index in [0.29, 0.717) is 0 Å². The molecule has 2 N–H and O–H groups in total. The van der Waals surface area contributed by atoms with Crippen molar-refractivity contribution < 1.29 is 10.2 Å². The van der Waals surface area contributed by atoms with E-state index < -0.39 is 0 Å². The SMILES string of the molecule is C=CC.Oc1ccccc1O. The standard InChI is InChI=1S/C6H6O2.C3H6/c7-5-3-1-2-4-6(5)8;1-3-2/h1-4,7-8H;3H,1H2,2H3. The number of phenols is 2. The number of benzene rings is 1. The fourth-order valence-corrected chi connectivity index (χ4v) is 0.464. The van der Waals surface area contributed by atoms with Crippen LogP contribution in [0.5, 0.6) is 11.5 Å². The average molecular weight is 152 g/mol. The van der Waals surface area contributed by atoms with Crippen LogP contribution in [0.25, 0.3) is 0 Å². The van der Waals surface area contributed by atoms with Crippen molar-refractivity contribution in [3.8, 4) is 11.5 Å². The first-order valence-electron chi connectivity index (χ1n) is 3.26. The maximum atomic E-state index is 8.67. The number of rotatable bonds is 0. The Bertz CT molecular complexity index is 198. The number of phenolic OH excluding ortho intramolecular Hbond substituents is 2. The number of para-hydroxylation sites is 2. The first-order chi connectivity index (χ1) is 5.22. The van der Waals surface area contributed by atoms with Gasteiger partial charge in [-0.05, 0) is 19.1 Å². The van der Waals surface area contributed by atoms with Crippen molar-refractivity contribution in [2.45, 2.75) is 6.92 Å². The van der Waals surface area contributed by atoms with Crippen LogP contribution in [-0.4, -0.2) is 10.2 Å². The van der Waals surface area contributed by atoms with E-state index in [-0.39, 0.29) is 11.5 Å². The van der Waals surface area contributed by atoms with Gasteiger partial charge >= 0.3 is 0 Å². The second-order valence-corrected chi connectivity index (χ2v) is 1.90. The minimum Gasteiger partial charge on any atom is -0.504 e. The highest BCUT2D eigenvalue weighted by atomic mass is 16.3. The molecule has 2 heteroatoms. The Balaban J connectivity index is 0.000000292. The molecule has 0 amide bonds. The van der Waals surface area contributed by atoms with Crippen molar-refractivity contribution in [1.29, 1.82) is 0 Å². The van der Waals surface area contributed by atoms with Gasteiger partial charge in [0.25, 0.3) is 0 Å². The quantitative estimate of drug-likeness (QED) is 0.442. The minimum absolute atomic E-state index is 0.0764. The predicted octanol–water partition coefficient (Wildman–Crippen LogP) is 2.29. The highest BCUT2D eigenvalue weighted by molar-refractivity contribution is 5.36. The molecular formula is C9H12O2. The molecule has 0 aliphatic carbocycles. The van der Waals surface area contributed by atoms with Crippen molar-refractivity contribution in [2.24, 2.45) is 0 Å². The first kappa shape index (κ1) is 9.56. The smallest absolute Gasteiger partial charge is 0.157 e. The van der Waals surface area contributed by atoms with E-state index >= 15 is 0 Å². The van der Waals surface area contributed by atoms with Gasteiger partial charge in [-0.1, -0.05) is 18.2 Å². The average Bonchev–Trinajstić information content (AvgIpc) is 1.97. The predicted molar refractivity (Wildman–Crippen MR) is 45.6 cm³/mol. The molecule has 0 saturated carbocycles. The van der Waals surface area contributed by atoms with Gasteiger partial charge in [-0.15, -0.1) is 6.58 Å². The molecule has 60 valence electrons. The number of aromatic hydroxyl groups is 2. The molecule has 0 aromatic heterocycles. The van der Waals surface area contributed by atoms with E-state index in [1.807, 2.05) is 6.92 Å². The summed E-state index contributed by atoms with van der Waals surface area (Å²) in [4.78, 5) is 0. The molecule has 1 aromatic carbocycles. The summed E-state index contributed by atoms with van der Waals surface area (Å²) >= 11 is 0. The molecule has 0 radical (unpaired) electrons. The monoisotopic (exact) mass is 152 g/mol. The van der Waals surface area contributed by atoms with Crippen LogP contribution >= 0.6 is 0 Å². The van der Waals surface area contributed by atoms with Crippen LogP contribution in [0.4, 0.5) is 0 Å². The Morgan fingerprint density at radius 1 is 1.18 bits per heavy atom. The van der Waals surface area contributed by atoms with Crippen molar-refractivity contribution in [3.63, 3.8) is 0 Å². The summed E-state index contributed by atoms with van der Waals surface area (Å²) in [5.41, 5.74) is 0. The summed E-state index contributed by atoms with van der Waals surface area (Å²) in [7, 11) is 0. The van der Waals surface area contributed by atoms with Gasteiger partial charge in [0, 0.05) is 0 Å². The Morgan fingerprint density at radius 3 is 1.64 bits per heavy atom. The molecule has 0 unspecified atom stereocenters. The Kier molecular flexibility index (Phi) is 4.65. The maximum Gasteiger partial charge on any atom is 0.157 e. The molecule has 0 bridgehead atoms. The van der Waals surface area contributed by atoms with Crippen LogP contribution in [0.3, 0.4) is 0 Å². The van der Waals surface area contributed by atoms with E-state index in [2.05, 4.69) is 6.58 Å². The van der Waals surface area contributed by atoms with Gasteiger partial charge in [0.1, 0.15) is 0 Å². The van der Waals surface area contributed by atoms with Crippen LogP contribution in [0.1, 0.15) is 6.92 Å². The van der Waals surface area contributed by atoms with Crippen LogP contribution in [0, 0.1) is 0 Å². The molecular weight excluding hydrogens is 140 g/mol. The van der Waals surface area contributed by atoms with Crippen molar-refractivity contribution in [3.05, 3.63) is 36.9 Å². The van der Waals surface area contributed by atoms with E-state index in [0.717, 1.165) is 0 Å². The largest absolute Gasteiger partial charge is 0.504 e. The zero-order valence-electron chi connectivity index (χ0n) is 6.49. The van der Waals surface area contributed by atoms with Gasteiger partial charge in [0.2, 0.25) is 0 Å². The second-order valence-electron chi connectivity index (χ2n) is 1.90. The van der Waals surface area contributed by atoms with Gasteiger partial charge in [0.05, 0.1) is 0 Å². The fraction of sp³-hybridized carbons (Fsp3) is 0.111. The molecule has 2 nitrogen and oxygen atoms in total. The normalized spacial score (nSPS) is 7.73. The van der Waals surface area contributed by atoms with E-state index in [1.165, 1.54) is 12.1 Å². The lowest BCUT2D eigenvalue weighted by atomic mass is 10.3. The highest BCUT2D eigenvalue weighted by Crippen LogP contribution is 2.21. The van der Waals surface area contributed by atoms with Crippen molar-refractivity contribution >= 4 is 0 Å². The van der Waals surface area contributed by atoms with E-state index in [9.17, 15) is 0 Å². The lowest BCUT2D eigenvalue weighted by Gasteiger charge is -1.91. The third-order valence-electron chi connectivity index (χ3n) is 0.882. The Hall–Kier alpha value is -1.44. The van der Waals surface area contributed by atoms with Gasteiger partial charge in [-0.25, -0.2) is 0 Å². The molecule has 0 atom stereocenters. The maximum absolute atomic E-state index is 8.67.